The molecule has 0 saturated carbocycles. The van der Waals surface area contributed by atoms with Crippen LogP contribution in [0.2, 0.25) is 0 Å². The number of carbonyl (C=O) groups is 1. The van der Waals surface area contributed by atoms with Gasteiger partial charge in [-0.25, -0.2) is 4.79 Å². The van der Waals surface area contributed by atoms with E-state index < -0.39 is 0 Å². The van der Waals surface area contributed by atoms with Gasteiger partial charge < -0.3 is 15.1 Å². The van der Waals surface area contributed by atoms with Crippen LogP contribution >= 0.6 is 0 Å². The highest BCUT2D eigenvalue weighted by Crippen LogP contribution is 2.01. The minimum atomic E-state index is 0.0651. The number of urea groups is 1. The van der Waals surface area contributed by atoms with Crippen LogP contribution in [0.4, 0.5) is 4.79 Å². The molecule has 0 fully saturated rings. The Morgan fingerprint density at radius 2 is 1.61 bits per heavy atom. The van der Waals surface area contributed by atoms with Crippen molar-refractivity contribution < 1.29 is 4.79 Å². The van der Waals surface area contributed by atoms with Crippen molar-refractivity contribution in [1.29, 1.82) is 0 Å². The molecule has 0 aliphatic heterocycles. The minimum Gasteiger partial charge on any atom is -0.336 e. The predicted octanol–water partition coefficient (Wildman–Crippen LogP) is 2.55. The van der Waals surface area contributed by atoms with E-state index >= 15 is 0 Å². The Morgan fingerprint density at radius 1 is 1.06 bits per heavy atom. The Balaban J connectivity index is 3.83. The maximum atomic E-state index is 11.8. The van der Waals surface area contributed by atoms with Gasteiger partial charge in [-0.1, -0.05) is 13.8 Å². The number of nitrogens with one attached hydrogen (secondary N) is 1. The number of nitrogens with zero attached hydrogens (tertiary/aromatic N) is 2. The Kier molecular flexibility index (Phi) is 9.74. The number of amides is 2. The van der Waals surface area contributed by atoms with Gasteiger partial charge in [-0.05, 0) is 53.2 Å². The summed E-state index contributed by atoms with van der Waals surface area (Å²) in [5.74, 6) is 0. The zero-order chi connectivity index (χ0) is 14.0. The lowest BCUT2D eigenvalue weighted by Gasteiger charge is -2.23. The van der Waals surface area contributed by atoms with E-state index in [0.29, 0.717) is 0 Å². The van der Waals surface area contributed by atoms with Gasteiger partial charge in [0.05, 0.1) is 0 Å². The third-order valence-electron chi connectivity index (χ3n) is 3.43. The van der Waals surface area contributed by atoms with Crippen molar-refractivity contribution in [3.63, 3.8) is 0 Å². The van der Waals surface area contributed by atoms with Gasteiger partial charge in [-0.3, -0.25) is 0 Å². The van der Waals surface area contributed by atoms with Gasteiger partial charge in [-0.15, -0.1) is 0 Å². The molecule has 0 radical (unpaired) electrons. The fourth-order valence-electron chi connectivity index (χ4n) is 2.05. The summed E-state index contributed by atoms with van der Waals surface area (Å²) in [5.41, 5.74) is 0. The predicted molar refractivity (Wildman–Crippen MR) is 77.9 cm³/mol. The first kappa shape index (κ1) is 17.2. The Morgan fingerprint density at radius 3 is 2.06 bits per heavy atom. The van der Waals surface area contributed by atoms with E-state index in [1.165, 1.54) is 0 Å². The van der Waals surface area contributed by atoms with Gasteiger partial charge in [0.1, 0.15) is 0 Å². The monoisotopic (exact) mass is 257 g/mol. The normalized spacial score (nSPS) is 12.6. The standard InChI is InChI=1S/C14H31N3O/c1-6-16(7-2)12-10-11-13(5)15-14(18)17(8-3)9-4/h13H,6-12H2,1-5H3,(H,15,18). The van der Waals surface area contributed by atoms with Crippen molar-refractivity contribution in [2.75, 3.05) is 32.7 Å². The van der Waals surface area contributed by atoms with E-state index in [4.69, 9.17) is 0 Å². The van der Waals surface area contributed by atoms with Crippen LogP contribution in [0.5, 0.6) is 0 Å². The highest BCUT2D eigenvalue weighted by Gasteiger charge is 2.12. The molecule has 0 aromatic carbocycles. The molecular formula is C14H31N3O. The Labute approximate surface area is 113 Å². The molecule has 4 heteroatoms. The summed E-state index contributed by atoms with van der Waals surface area (Å²) in [4.78, 5) is 16.1. The molecule has 4 nitrogen and oxygen atoms in total. The smallest absolute Gasteiger partial charge is 0.317 e. The highest BCUT2D eigenvalue weighted by atomic mass is 16.2. The van der Waals surface area contributed by atoms with E-state index in [1.807, 2.05) is 18.7 Å². The first-order valence-electron chi connectivity index (χ1n) is 7.36. The van der Waals surface area contributed by atoms with Crippen LogP contribution in [0.25, 0.3) is 0 Å². The van der Waals surface area contributed by atoms with Crippen LogP contribution in [-0.4, -0.2) is 54.6 Å². The fraction of sp³-hybridized carbons (Fsp3) is 0.929. The van der Waals surface area contributed by atoms with Crippen LogP contribution in [0.3, 0.4) is 0 Å². The average molecular weight is 257 g/mol. The van der Waals surface area contributed by atoms with Crippen molar-refractivity contribution in [3.8, 4) is 0 Å². The maximum absolute atomic E-state index is 11.8. The van der Waals surface area contributed by atoms with E-state index in [9.17, 15) is 4.79 Å². The Bertz CT molecular complexity index is 213. The largest absolute Gasteiger partial charge is 0.336 e. The molecule has 0 heterocycles. The van der Waals surface area contributed by atoms with Gasteiger partial charge >= 0.3 is 6.03 Å². The lowest BCUT2D eigenvalue weighted by molar-refractivity contribution is 0.198. The van der Waals surface area contributed by atoms with E-state index in [2.05, 4.69) is 31.0 Å². The third kappa shape index (κ3) is 6.84. The summed E-state index contributed by atoms with van der Waals surface area (Å²) in [7, 11) is 0. The summed E-state index contributed by atoms with van der Waals surface area (Å²) in [6, 6.07) is 0.323. The second-order valence-corrected chi connectivity index (χ2v) is 4.69. The van der Waals surface area contributed by atoms with Crippen LogP contribution in [0.1, 0.15) is 47.5 Å². The molecule has 0 aliphatic rings. The summed E-state index contributed by atoms with van der Waals surface area (Å²) >= 11 is 0. The summed E-state index contributed by atoms with van der Waals surface area (Å²) in [6.45, 7) is 15.4. The highest BCUT2D eigenvalue weighted by molar-refractivity contribution is 5.74. The van der Waals surface area contributed by atoms with Crippen LogP contribution in [-0.2, 0) is 0 Å². The maximum Gasteiger partial charge on any atom is 0.317 e. The molecule has 18 heavy (non-hydrogen) atoms. The molecule has 0 spiro atoms. The lowest BCUT2D eigenvalue weighted by Crippen LogP contribution is -2.43. The van der Waals surface area contributed by atoms with Crippen LogP contribution < -0.4 is 5.32 Å². The molecule has 0 aromatic rings. The quantitative estimate of drug-likeness (QED) is 0.689. The SMILES string of the molecule is CCN(CC)CCCC(C)NC(=O)N(CC)CC. The van der Waals surface area contributed by atoms with E-state index in [0.717, 1.165) is 45.6 Å². The number of carbonyl (C=O) groups excluding carboxylic acids is 1. The Hall–Kier alpha value is -0.770. The average Bonchev–Trinajstić information content (AvgIpc) is 2.36. The summed E-state index contributed by atoms with van der Waals surface area (Å²) in [5, 5.41) is 3.06. The number of rotatable bonds is 9. The van der Waals surface area contributed by atoms with Gasteiger partial charge in [0, 0.05) is 19.1 Å². The molecule has 1 unspecified atom stereocenters. The first-order chi connectivity index (χ1) is 8.58. The summed E-state index contributed by atoms with van der Waals surface area (Å²) in [6.07, 6.45) is 2.19. The van der Waals surface area contributed by atoms with Crippen molar-refractivity contribution in [2.45, 2.75) is 53.5 Å². The molecule has 0 saturated heterocycles. The summed E-state index contributed by atoms with van der Waals surface area (Å²) < 4.78 is 0. The minimum absolute atomic E-state index is 0.0651. The van der Waals surface area contributed by atoms with Crippen molar-refractivity contribution in [3.05, 3.63) is 0 Å². The van der Waals surface area contributed by atoms with Crippen molar-refractivity contribution in [1.82, 2.24) is 15.1 Å². The number of hydrogen-bond donors (Lipinski definition) is 1. The van der Waals surface area contributed by atoms with Crippen molar-refractivity contribution in [2.24, 2.45) is 0 Å². The van der Waals surface area contributed by atoms with Gasteiger partial charge in [0.2, 0.25) is 0 Å². The molecule has 1 atom stereocenters. The molecule has 0 aromatic heterocycles. The fourth-order valence-corrected chi connectivity index (χ4v) is 2.05. The third-order valence-corrected chi connectivity index (χ3v) is 3.43. The molecule has 0 rings (SSSR count). The molecule has 0 aliphatic carbocycles. The first-order valence-corrected chi connectivity index (χ1v) is 7.36. The van der Waals surface area contributed by atoms with Crippen LogP contribution in [0, 0.1) is 0 Å². The zero-order valence-corrected chi connectivity index (χ0v) is 12.8. The molecule has 2 amide bonds. The van der Waals surface area contributed by atoms with Gasteiger partial charge in [0.25, 0.3) is 0 Å². The van der Waals surface area contributed by atoms with Gasteiger partial charge in [0.15, 0.2) is 0 Å². The second kappa shape index (κ2) is 10.2. The number of hydrogen-bond acceptors (Lipinski definition) is 2. The van der Waals surface area contributed by atoms with E-state index in [-0.39, 0.29) is 12.1 Å². The molecular weight excluding hydrogens is 226 g/mol. The molecule has 1 N–H and O–H groups in total. The topological polar surface area (TPSA) is 35.6 Å². The lowest BCUT2D eigenvalue weighted by atomic mass is 10.2. The molecule has 0 bridgehead atoms. The second-order valence-electron chi connectivity index (χ2n) is 4.69. The van der Waals surface area contributed by atoms with Crippen LogP contribution in [0.15, 0.2) is 0 Å². The van der Waals surface area contributed by atoms with Gasteiger partial charge in [-0.2, -0.15) is 0 Å². The molecule has 108 valence electrons. The zero-order valence-electron chi connectivity index (χ0n) is 12.8. The van der Waals surface area contributed by atoms with E-state index in [1.54, 1.807) is 0 Å². The van der Waals surface area contributed by atoms with Crippen molar-refractivity contribution >= 4 is 6.03 Å².